The van der Waals surface area contributed by atoms with E-state index >= 15 is 0 Å². The zero-order valence-electron chi connectivity index (χ0n) is 9.53. The van der Waals surface area contributed by atoms with Gasteiger partial charge in [-0.15, -0.1) is 0 Å². The number of rotatable bonds is 6. The molecule has 86 valence electrons. The first-order valence-corrected chi connectivity index (χ1v) is 6.58. The van der Waals surface area contributed by atoms with E-state index in [0.717, 1.165) is 6.42 Å². The predicted octanol–water partition coefficient (Wildman–Crippen LogP) is 0.784. The fraction of sp³-hybridized carbons (Fsp3) is 1.00. The molecule has 0 heterocycles. The Morgan fingerprint density at radius 2 is 1.79 bits per heavy atom. The second-order valence-electron chi connectivity index (χ2n) is 3.80. The van der Waals surface area contributed by atoms with Gasteiger partial charge < -0.3 is 5.73 Å². The van der Waals surface area contributed by atoms with Crippen molar-refractivity contribution in [3.63, 3.8) is 0 Å². The summed E-state index contributed by atoms with van der Waals surface area (Å²) in [5, 5.41) is -0.489. The van der Waals surface area contributed by atoms with Crippen LogP contribution in [-0.2, 0) is 10.0 Å². The lowest BCUT2D eigenvalue weighted by atomic mass is 10.4. The van der Waals surface area contributed by atoms with Crippen molar-refractivity contribution in [2.24, 2.45) is 5.73 Å². The molecule has 1 unspecified atom stereocenters. The van der Waals surface area contributed by atoms with Crippen LogP contribution in [0.4, 0.5) is 0 Å². The molecule has 0 fully saturated rings. The molecule has 0 saturated carbocycles. The van der Waals surface area contributed by atoms with Gasteiger partial charge in [-0.1, -0.05) is 6.92 Å². The molecule has 0 amide bonds. The van der Waals surface area contributed by atoms with Crippen LogP contribution in [0.1, 0.15) is 34.1 Å². The molecule has 0 aliphatic heterocycles. The van der Waals surface area contributed by atoms with Crippen molar-refractivity contribution in [1.82, 2.24) is 4.31 Å². The fourth-order valence-corrected chi connectivity index (χ4v) is 2.98. The Balaban J connectivity index is 4.81. The van der Waals surface area contributed by atoms with Crippen LogP contribution in [0.25, 0.3) is 0 Å². The molecule has 14 heavy (non-hydrogen) atoms. The molecule has 0 aliphatic rings. The molecular formula is C9H22N2O2S. The third kappa shape index (κ3) is 3.22. The number of nitrogens with zero attached hydrogens (tertiary/aromatic N) is 1. The van der Waals surface area contributed by atoms with Crippen molar-refractivity contribution in [3.05, 3.63) is 0 Å². The van der Waals surface area contributed by atoms with E-state index in [4.69, 9.17) is 5.73 Å². The van der Waals surface area contributed by atoms with E-state index in [1.54, 1.807) is 6.92 Å². The molecule has 5 heteroatoms. The van der Waals surface area contributed by atoms with Crippen LogP contribution < -0.4 is 5.73 Å². The van der Waals surface area contributed by atoms with Crippen LogP contribution >= 0.6 is 0 Å². The van der Waals surface area contributed by atoms with Gasteiger partial charge in [0.2, 0.25) is 10.0 Å². The maximum Gasteiger partial charge on any atom is 0.218 e. The van der Waals surface area contributed by atoms with Crippen molar-refractivity contribution in [2.75, 3.05) is 13.1 Å². The summed E-state index contributed by atoms with van der Waals surface area (Å²) in [4.78, 5) is 0. The minimum absolute atomic E-state index is 0.00829. The van der Waals surface area contributed by atoms with Gasteiger partial charge in [0.25, 0.3) is 0 Å². The molecule has 4 nitrogen and oxygen atoms in total. The maximum absolute atomic E-state index is 11.9. The standard InChI is InChI=1S/C9H22N2O2S/c1-5-6-11(8(2)3)14(12,13)9(4)7-10/h8-9H,5-7,10H2,1-4H3. The van der Waals surface area contributed by atoms with E-state index in [9.17, 15) is 8.42 Å². The number of hydrogen-bond donors (Lipinski definition) is 1. The normalized spacial score (nSPS) is 15.1. The van der Waals surface area contributed by atoms with Crippen molar-refractivity contribution >= 4 is 10.0 Å². The minimum Gasteiger partial charge on any atom is -0.329 e. The summed E-state index contributed by atoms with van der Waals surface area (Å²) < 4.78 is 25.4. The Morgan fingerprint density at radius 3 is 2.07 bits per heavy atom. The van der Waals surface area contributed by atoms with E-state index in [1.807, 2.05) is 20.8 Å². The highest BCUT2D eigenvalue weighted by atomic mass is 32.2. The minimum atomic E-state index is -3.20. The van der Waals surface area contributed by atoms with Gasteiger partial charge in [0.1, 0.15) is 0 Å². The SMILES string of the molecule is CCCN(C(C)C)S(=O)(=O)C(C)CN. The smallest absolute Gasteiger partial charge is 0.218 e. The molecule has 0 rings (SSSR count). The monoisotopic (exact) mass is 222 g/mol. The van der Waals surface area contributed by atoms with E-state index in [2.05, 4.69) is 0 Å². The van der Waals surface area contributed by atoms with Gasteiger partial charge in [-0.2, -0.15) is 4.31 Å². The molecule has 0 aromatic carbocycles. The average Bonchev–Trinajstić information content (AvgIpc) is 2.11. The quantitative estimate of drug-likeness (QED) is 0.722. The summed E-state index contributed by atoms with van der Waals surface area (Å²) in [6, 6.07) is 0.00829. The van der Waals surface area contributed by atoms with Crippen molar-refractivity contribution in [2.45, 2.75) is 45.4 Å². The van der Waals surface area contributed by atoms with Crippen molar-refractivity contribution in [1.29, 1.82) is 0 Å². The molecule has 0 aromatic heterocycles. The van der Waals surface area contributed by atoms with Crippen LogP contribution in [-0.4, -0.2) is 37.1 Å². The molecule has 0 bridgehead atoms. The third-order valence-electron chi connectivity index (χ3n) is 2.19. The van der Waals surface area contributed by atoms with Crippen LogP contribution in [0.3, 0.4) is 0 Å². The largest absolute Gasteiger partial charge is 0.329 e. The molecule has 0 aromatic rings. The van der Waals surface area contributed by atoms with Crippen LogP contribution in [0, 0.1) is 0 Å². The molecule has 2 N–H and O–H groups in total. The van der Waals surface area contributed by atoms with Gasteiger partial charge in [-0.05, 0) is 27.2 Å². The van der Waals surface area contributed by atoms with E-state index in [-0.39, 0.29) is 12.6 Å². The van der Waals surface area contributed by atoms with Crippen LogP contribution in [0.2, 0.25) is 0 Å². The number of hydrogen-bond acceptors (Lipinski definition) is 3. The van der Waals surface area contributed by atoms with Gasteiger partial charge in [0.15, 0.2) is 0 Å². The third-order valence-corrected chi connectivity index (χ3v) is 4.65. The van der Waals surface area contributed by atoms with E-state index in [1.165, 1.54) is 4.31 Å². The first kappa shape index (κ1) is 13.9. The second kappa shape index (κ2) is 5.68. The summed E-state index contributed by atoms with van der Waals surface area (Å²) >= 11 is 0. The first-order valence-electron chi connectivity index (χ1n) is 5.08. The van der Waals surface area contributed by atoms with Gasteiger partial charge in [-0.25, -0.2) is 8.42 Å². The Bertz CT molecular complexity index is 250. The maximum atomic E-state index is 11.9. The van der Waals surface area contributed by atoms with E-state index in [0.29, 0.717) is 6.54 Å². The number of sulfonamides is 1. The first-order chi connectivity index (χ1) is 6.37. The Kier molecular flexibility index (Phi) is 5.63. The molecule has 0 radical (unpaired) electrons. The topological polar surface area (TPSA) is 63.4 Å². The highest BCUT2D eigenvalue weighted by molar-refractivity contribution is 7.89. The summed E-state index contributed by atoms with van der Waals surface area (Å²) in [5.74, 6) is 0. The lowest BCUT2D eigenvalue weighted by Crippen LogP contribution is -2.44. The highest BCUT2D eigenvalue weighted by Gasteiger charge is 2.28. The second-order valence-corrected chi connectivity index (χ2v) is 6.10. The summed E-state index contributed by atoms with van der Waals surface area (Å²) in [7, 11) is -3.20. The highest BCUT2D eigenvalue weighted by Crippen LogP contribution is 2.12. The summed E-state index contributed by atoms with van der Waals surface area (Å²) in [6.07, 6.45) is 0.828. The number of nitrogens with two attached hydrogens (primary N) is 1. The molecule has 0 spiro atoms. The van der Waals surface area contributed by atoms with Crippen LogP contribution in [0.15, 0.2) is 0 Å². The zero-order chi connectivity index (χ0) is 11.4. The Morgan fingerprint density at radius 1 is 1.29 bits per heavy atom. The molecule has 0 saturated heterocycles. The van der Waals surface area contributed by atoms with Crippen molar-refractivity contribution < 1.29 is 8.42 Å². The van der Waals surface area contributed by atoms with Crippen LogP contribution in [0.5, 0.6) is 0 Å². The van der Waals surface area contributed by atoms with Crippen molar-refractivity contribution in [3.8, 4) is 0 Å². The van der Waals surface area contributed by atoms with Gasteiger partial charge >= 0.3 is 0 Å². The average molecular weight is 222 g/mol. The fourth-order valence-electron chi connectivity index (χ4n) is 1.25. The van der Waals surface area contributed by atoms with Gasteiger partial charge in [0.05, 0.1) is 5.25 Å². The van der Waals surface area contributed by atoms with E-state index < -0.39 is 15.3 Å². The Hall–Kier alpha value is -0.130. The molecule has 1 atom stereocenters. The van der Waals surface area contributed by atoms with Gasteiger partial charge in [0, 0.05) is 19.1 Å². The lowest BCUT2D eigenvalue weighted by Gasteiger charge is -2.28. The molecular weight excluding hydrogens is 200 g/mol. The summed E-state index contributed by atoms with van der Waals surface area (Å²) in [6.45, 7) is 8.14. The van der Waals surface area contributed by atoms with Gasteiger partial charge in [-0.3, -0.25) is 0 Å². The lowest BCUT2D eigenvalue weighted by molar-refractivity contribution is 0.350. The zero-order valence-corrected chi connectivity index (χ0v) is 10.3. The summed E-state index contributed by atoms with van der Waals surface area (Å²) in [5.41, 5.74) is 5.39. The Labute approximate surface area is 87.5 Å². The molecule has 0 aliphatic carbocycles. The predicted molar refractivity (Wildman–Crippen MR) is 59.6 cm³/mol.